The van der Waals surface area contributed by atoms with E-state index < -0.39 is 11.0 Å². The van der Waals surface area contributed by atoms with E-state index in [-0.39, 0.29) is 4.75 Å². The Hall–Kier alpha value is -0.895. The van der Waals surface area contributed by atoms with Gasteiger partial charge in [-0.1, -0.05) is 29.2 Å². The number of benzene rings is 1. The Labute approximate surface area is 108 Å². The molecule has 0 aliphatic carbocycles. The molecule has 0 aromatic heterocycles. The molecule has 0 spiro atoms. The van der Waals surface area contributed by atoms with Gasteiger partial charge in [-0.2, -0.15) is 4.40 Å². The van der Waals surface area contributed by atoms with E-state index in [1.54, 1.807) is 0 Å². The lowest BCUT2D eigenvalue weighted by molar-refractivity contribution is 0.650. The average Bonchev–Trinajstić information content (AvgIpc) is 2.20. The van der Waals surface area contributed by atoms with E-state index in [9.17, 15) is 4.21 Å². The second-order valence-corrected chi connectivity index (χ2v) is 7.02. The van der Waals surface area contributed by atoms with Crippen molar-refractivity contribution in [2.75, 3.05) is 0 Å². The molecular formula is C13H18BNOS. The molecule has 1 aromatic carbocycles. The lowest BCUT2D eigenvalue weighted by atomic mass is 9.89. The molecule has 1 rings (SSSR count). The smallest absolute Gasteiger partial charge is 0.145 e. The Balaban J connectivity index is 3.04. The van der Waals surface area contributed by atoms with Crippen LogP contribution < -0.4 is 5.46 Å². The highest BCUT2D eigenvalue weighted by Crippen LogP contribution is 2.14. The summed E-state index contributed by atoms with van der Waals surface area (Å²) >= 11 is 0. The first-order valence-electron chi connectivity index (χ1n) is 5.55. The Bertz CT molecular complexity index is 475. The zero-order chi connectivity index (χ0) is 13.2. The van der Waals surface area contributed by atoms with E-state index >= 15 is 0 Å². The van der Waals surface area contributed by atoms with Crippen molar-refractivity contribution < 1.29 is 4.21 Å². The van der Waals surface area contributed by atoms with Gasteiger partial charge in [-0.3, -0.25) is 0 Å². The van der Waals surface area contributed by atoms with Gasteiger partial charge in [0.2, 0.25) is 0 Å². The van der Waals surface area contributed by atoms with Gasteiger partial charge < -0.3 is 0 Å². The van der Waals surface area contributed by atoms with Crippen LogP contribution in [0, 0.1) is 6.92 Å². The molecule has 0 saturated heterocycles. The highest BCUT2D eigenvalue weighted by Gasteiger charge is 2.19. The molecule has 0 bridgehead atoms. The fraction of sp³-hybridized carbons (Fsp3) is 0.462. The molecule has 0 amide bonds. The Morgan fingerprint density at radius 3 is 2.41 bits per heavy atom. The van der Waals surface area contributed by atoms with Crippen molar-refractivity contribution in [1.29, 1.82) is 0 Å². The van der Waals surface area contributed by atoms with Crippen molar-refractivity contribution in [3.05, 3.63) is 29.3 Å². The van der Waals surface area contributed by atoms with Gasteiger partial charge in [0.25, 0.3) is 0 Å². The Morgan fingerprint density at radius 2 is 1.94 bits per heavy atom. The maximum Gasteiger partial charge on any atom is 0.145 e. The molecule has 0 fully saturated rings. The second-order valence-electron chi connectivity index (χ2n) is 5.11. The van der Waals surface area contributed by atoms with Gasteiger partial charge in [0.1, 0.15) is 18.8 Å². The third-order valence-corrected chi connectivity index (χ3v) is 3.93. The maximum atomic E-state index is 11.9. The van der Waals surface area contributed by atoms with E-state index in [0.29, 0.717) is 0 Å². The minimum absolute atomic E-state index is 0.336. The predicted molar refractivity (Wildman–Crippen MR) is 76.7 cm³/mol. The van der Waals surface area contributed by atoms with Gasteiger partial charge in [-0.15, -0.1) is 0 Å². The Morgan fingerprint density at radius 1 is 1.35 bits per heavy atom. The Kier molecular flexibility index (Phi) is 4.31. The molecule has 17 heavy (non-hydrogen) atoms. The summed E-state index contributed by atoms with van der Waals surface area (Å²) < 4.78 is 15.8. The normalized spacial score (nSPS) is 14.8. The fourth-order valence-corrected chi connectivity index (χ4v) is 1.81. The van der Waals surface area contributed by atoms with Crippen LogP contribution in [-0.2, 0) is 11.0 Å². The summed E-state index contributed by atoms with van der Waals surface area (Å²) in [6.07, 6.45) is 0. The van der Waals surface area contributed by atoms with Crippen LogP contribution >= 0.6 is 0 Å². The molecule has 2 radical (unpaired) electrons. The summed E-state index contributed by atoms with van der Waals surface area (Å²) in [5, 5.41) is 0. The molecule has 0 saturated carbocycles. The van der Waals surface area contributed by atoms with Gasteiger partial charge in [-0.05, 0) is 40.2 Å². The first-order valence-corrected chi connectivity index (χ1v) is 6.66. The average molecular weight is 247 g/mol. The third kappa shape index (κ3) is 3.81. The third-order valence-electron chi connectivity index (χ3n) is 2.44. The molecule has 1 aromatic rings. The van der Waals surface area contributed by atoms with Gasteiger partial charge in [-0.25, -0.2) is 4.21 Å². The summed E-state index contributed by atoms with van der Waals surface area (Å²) in [4.78, 5) is 0. The van der Waals surface area contributed by atoms with Gasteiger partial charge in [0.15, 0.2) is 0 Å². The van der Waals surface area contributed by atoms with Crippen molar-refractivity contribution in [2.45, 2.75) is 39.4 Å². The van der Waals surface area contributed by atoms with Crippen LogP contribution in [-0.4, -0.2) is 22.5 Å². The van der Waals surface area contributed by atoms with E-state index in [0.717, 1.165) is 22.3 Å². The van der Waals surface area contributed by atoms with Crippen molar-refractivity contribution in [3.8, 4) is 0 Å². The first-order chi connectivity index (χ1) is 7.71. The summed E-state index contributed by atoms with van der Waals surface area (Å²) in [5.41, 5.74) is 3.45. The standard InChI is InChI=1S/C13H18BNOS/c1-9-6-7-11(8-12(9)14)10(2)15-17(16)13(3,4)5/h6-8H,1-5H3/b15-10+. The van der Waals surface area contributed by atoms with Crippen molar-refractivity contribution in [1.82, 2.24) is 0 Å². The van der Waals surface area contributed by atoms with E-state index in [2.05, 4.69) is 4.40 Å². The van der Waals surface area contributed by atoms with E-state index in [1.165, 1.54) is 0 Å². The molecule has 0 N–H and O–H groups in total. The van der Waals surface area contributed by atoms with Crippen LogP contribution in [0.5, 0.6) is 0 Å². The van der Waals surface area contributed by atoms with Crippen LogP contribution in [0.1, 0.15) is 38.8 Å². The lowest BCUT2D eigenvalue weighted by Crippen LogP contribution is -2.21. The molecule has 90 valence electrons. The molecular weight excluding hydrogens is 229 g/mol. The molecule has 2 nitrogen and oxygen atoms in total. The van der Waals surface area contributed by atoms with Gasteiger partial charge in [0, 0.05) is 0 Å². The van der Waals surface area contributed by atoms with Crippen LogP contribution in [0.4, 0.5) is 0 Å². The quantitative estimate of drug-likeness (QED) is 0.581. The van der Waals surface area contributed by atoms with Crippen molar-refractivity contribution in [3.63, 3.8) is 0 Å². The van der Waals surface area contributed by atoms with Crippen LogP contribution in [0.25, 0.3) is 0 Å². The summed E-state index contributed by atoms with van der Waals surface area (Å²) in [5.74, 6) is 0. The molecule has 4 heteroatoms. The summed E-state index contributed by atoms with van der Waals surface area (Å²) in [6.45, 7) is 9.53. The van der Waals surface area contributed by atoms with Gasteiger partial charge >= 0.3 is 0 Å². The van der Waals surface area contributed by atoms with Gasteiger partial charge in [0.05, 0.1) is 10.5 Å². The van der Waals surface area contributed by atoms with Crippen LogP contribution in [0.3, 0.4) is 0 Å². The van der Waals surface area contributed by atoms with E-state index in [4.69, 9.17) is 7.85 Å². The maximum absolute atomic E-state index is 11.9. The zero-order valence-corrected chi connectivity index (χ0v) is 11.9. The number of hydrogen-bond donors (Lipinski definition) is 0. The largest absolute Gasteiger partial charge is 0.234 e. The molecule has 0 aliphatic rings. The molecule has 1 atom stereocenters. The van der Waals surface area contributed by atoms with Crippen LogP contribution in [0.2, 0.25) is 0 Å². The summed E-state index contributed by atoms with van der Waals surface area (Å²) in [6, 6.07) is 5.77. The number of rotatable bonds is 2. The minimum atomic E-state index is -1.23. The topological polar surface area (TPSA) is 29.4 Å². The number of hydrogen-bond acceptors (Lipinski definition) is 1. The highest BCUT2D eigenvalue weighted by atomic mass is 32.2. The monoisotopic (exact) mass is 247 g/mol. The predicted octanol–water partition coefficient (Wildman–Crippen LogP) is 2.06. The van der Waals surface area contributed by atoms with E-state index in [1.807, 2.05) is 52.8 Å². The highest BCUT2D eigenvalue weighted by molar-refractivity contribution is 7.85. The van der Waals surface area contributed by atoms with Crippen molar-refractivity contribution in [2.24, 2.45) is 4.40 Å². The first kappa shape index (κ1) is 14.2. The lowest BCUT2D eigenvalue weighted by Gasteiger charge is -2.14. The SMILES string of the molecule is [B]c1cc(/C(C)=N/S(=O)C(C)(C)C)ccc1C. The zero-order valence-electron chi connectivity index (χ0n) is 11.1. The second kappa shape index (κ2) is 5.17. The minimum Gasteiger partial charge on any atom is -0.234 e. The van der Waals surface area contributed by atoms with Crippen LogP contribution in [0.15, 0.2) is 22.6 Å². The summed E-state index contributed by atoms with van der Waals surface area (Å²) in [7, 11) is 4.61. The molecule has 0 heterocycles. The molecule has 1 unspecified atom stereocenters. The fourth-order valence-electron chi connectivity index (χ4n) is 1.18. The van der Waals surface area contributed by atoms with Crippen molar-refractivity contribution >= 4 is 30.0 Å². The number of aryl methyl sites for hydroxylation is 1. The number of nitrogens with zero attached hydrogens (tertiary/aromatic N) is 1. The molecule has 0 aliphatic heterocycles.